The Balaban J connectivity index is 1.04. The minimum Gasteiger partial charge on any atom is -0.309 e. The Labute approximate surface area is 399 Å². The van der Waals surface area contributed by atoms with Gasteiger partial charge in [-0.05, 0) is 105 Å². The van der Waals surface area contributed by atoms with Gasteiger partial charge in [0, 0.05) is 69.8 Å². The van der Waals surface area contributed by atoms with Crippen LogP contribution in [0.15, 0.2) is 224 Å². The van der Waals surface area contributed by atoms with Crippen molar-refractivity contribution >= 4 is 107 Å². The van der Waals surface area contributed by atoms with E-state index in [0.717, 1.165) is 66.3 Å². The summed E-state index contributed by atoms with van der Waals surface area (Å²) in [7, 11) is 0. The molecule has 0 amide bonds. The second kappa shape index (κ2) is 14.8. The topological polar surface area (TPSA) is 48.5 Å². The fourth-order valence-corrected chi connectivity index (χ4v) is 12.2. The maximum atomic E-state index is 5.57. The monoisotopic (exact) mass is 895 g/mol. The van der Waals surface area contributed by atoms with Gasteiger partial charge in [0.15, 0.2) is 17.5 Å². The van der Waals surface area contributed by atoms with Gasteiger partial charge in [-0.2, -0.15) is 0 Å². The smallest absolute Gasteiger partial charge is 0.164 e. The van der Waals surface area contributed by atoms with Crippen LogP contribution >= 0.6 is 11.3 Å². The summed E-state index contributed by atoms with van der Waals surface area (Å²) in [6, 6.07) is 81.0. The number of rotatable bonds is 5. The highest BCUT2D eigenvalue weighted by molar-refractivity contribution is 7.26. The van der Waals surface area contributed by atoms with Crippen molar-refractivity contribution in [1.82, 2.24) is 24.1 Å². The molecule has 0 aliphatic heterocycles. The summed E-state index contributed by atoms with van der Waals surface area (Å²) in [4.78, 5) is 16.5. The minimum absolute atomic E-state index is 0.619. The molecule has 0 saturated heterocycles. The zero-order valence-electron chi connectivity index (χ0n) is 37.0. The largest absolute Gasteiger partial charge is 0.309 e. The van der Waals surface area contributed by atoms with Gasteiger partial charge in [-0.3, -0.25) is 0 Å². The number of fused-ring (bicyclic) bond motifs is 13. The SMILES string of the molecule is c1ccc(-n2c3ccccc3c3cc(-c4nc(-c5ccc6ccccc6c5)nc(-c5cc(-n6c7ccccc7c7cc8ccccc8cc76)cc6sc7c8ccccc8ccc7c56)n4)ccc32)cc1. The molecule has 4 heterocycles. The summed E-state index contributed by atoms with van der Waals surface area (Å²) in [5, 5.41) is 14.3. The van der Waals surface area contributed by atoms with Crippen LogP contribution < -0.4 is 0 Å². The predicted octanol–water partition coefficient (Wildman–Crippen LogP) is 16.9. The normalized spacial score (nSPS) is 12.1. The zero-order chi connectivity index (χ0) is 45.2. The molecule has 0 spiro atoms. The van der Waals surface area contributed by atoms with Gasteiger partial charge in [-0.15, -0.1) is 11.3 Å². The highest BCUT2D eigenvalue weighted by atomic mass is 32.1. The van der Waals surface area contributed by atoms with E-state index in [2.05, 4.69) is 234 Å². The Kier molecular flexibility index (Phi) is 8.17. The van der Waals surface area contributed by atoms with Crippen LogP contribution in [-0.2, 0) is 0 Å². The van der Waals surface area contributed by atoms with Crippen molar-refractivity contribution in [2.45, 2.75) is 0 Å². The van der Waals surface area contributed by atoms with Gasteiger partial charge >= 0.3 is 0 Å². The van der Waals surface area contributed by atoms with E-state index in [1.165, 1.54) is 57.9 Å². The Bertz CT molecular complexity index is 4620. The number of aromatic nitrogens is 5. The first-order valence-corrected chi connectivity index (χ1v) is 24.2. The van der Waals surface area contributed by atoms with E-state index in [1.54, 1.807) is 0 Å². The molecule has 0 N–H and O–H groups in total. The molecule has 0 unspecified atom stereocenters. The Morgan fingerprint density at radius 2 is 0.841 bits per heavy atom. The fourth-order valence-electron chi connectivity index (χ4n) is 10.9. The lowest BCUT2D eigenvalue weighted by Crippen LogP contribution is -2.02. The van der Waals surface area contributed by atoms with Gasteiger partial charge in [0.05, 0.1) is 22.1 Å². The molecule has 0 radical (unpaired) electrons. The van der Waals surface area contributed by atoms with Crippen LogP contribution in [0.5, 0.6) is 0 Å². The van der Waals surface area contributed by atoms with Crippen molar-refractivity contribution in [3.05, 3.63) is 224 Å². The lowest BCUT2D eigenvalue weighted by molar-refractivity contribution is 1.08. The van der Waals surface area contributed by atoms with Crippen molar-refractivity contribution in [2.75, 3.05) is 0 Å². The van der Waals surface area contributed by atoms with Crippen LogP contribution in [0.3, 0.4) is 0 Å². The molecule has 69 heavy (non-hydrogen) atoms. The van der Waals surface area contributed by atoms with E-state index in [1.807, 2.05) is 11.3 Å². The highest BCUT2D eigenvalue weighted by Gasteiger charge is 2.23. The molecule has 6 heteroatoms. The third-order valence-electron chi connectivity index (χ3n) is 14.1. The Hall–Kier alpha value is -8.97. The molecule has 320 valence electrons. The molecule has 0 saturated carbocycles. The van der Waals surface area contributed by atoms with Crippen LogP contribution in [0.4, 0.5) is 0 Å². The van der Waals surface area contributed by atoms with Gasteiger partial charge < -0.3 is 9.13 Å². The summed E-state index contributed by atoms with van der Waals surface area (Å²) in [5.74, 6) is 1.87. The lowest BCUT2D eigenvalue weighted by atomic mass is 10.0. The van der Waals surface area contributed by atoms with E-state index >= 15 is 0 Å². The summed E-state index contributed by atoms with van der Waals surface area (Å²) in [6.45, 7) is 0. The molecule has 0 fully saturated rings. The minimum atomic E-state index is 0.619. The number of hydrogen-bond acceptors (Lipinski definition) is 4. The van der Waals surface area contributed by atoms with Gasteiger partial charge in [0.25, 0.3) is 0 Å². The second-order valence-corrected chi connectivity index (χ2v) is 19.0. The van der Waals surface area contributed by atoms with Gasteiger partial charge in [0.2, 0.25) is 0 Å². The number of nitrogens with zero attached hydrogens (tertiary/aromatic N) is 5. The summed E-state index contributed by atoms with van der Waals surface area (Å²) in [5.41, 5.74) is 9.57. The van der Waals surface area contributed by atoms with Crippen LogP contribution in [0.25, 0.3) is 142 Å². The first kappa shape index (κ1) is 38.2. The third-order valence-corrected chi connectivity index (χ3v) is 15.3. The molecule has 11 aromatic carbocycles. The van der Waals surface area contributed by atoms with E-state index in [4.69, 9.17) is 15.0 Å². The standard InChI is InChI=1S/C63H37N5S/c1-2-19-45(20-3-1)67-54-24-12-10-22-48(54)51-34-44(29-31-56(51)67)62-64-61(43-27-26-38-14-4-5-16-40(38)32-43)65-63(66-62)53-36-46(37-58-59(53)50-30-28-39-15-8-9-21-47(39)60(50)69-58)68-55-25-13-11-23-49(55)52-33-41-17-6-7-18-42(41)35-57(52)68/h1-37H. The van der Waals surface area contributed by atoms with Gasteiger partial charge in [0.1, 0.15) is 0 Å². The molecule has 4 aromatic heterocycles. The Morgan fingerprint density at radius 3 is 1.59 bits per heavy atom. The number of para-hydroxylation sites is 3. The first-order valence-electron chi connectivity index (χ1n) is 23.3. The molecular formula is C63H37N5S. The highest BCUT2D eigenvalue weighted by Crippen LogP contribution is 2.46. The Morgan fingerprint density at radius 1 is 0.304 bits per heavy atom. The van der Waals surface area contributed by atoms with E-state index < -0.39 is 0 Å². The maximum absolute atomic E-state index is 5.57. The average Bonchev–Trinajstić information content (AvgIpc) is 4.07. The number of hydrogen-bond donors (Lipinski definition) is 0. The molecule has 15 aromatic rings. The van der Waals surface area contributed by atoms with Crippen LogP contribution in [-0.4, -0.2) is 24.1 Å². The van der Waals surface area contributed by atoms with Crippen LogP contribution in [0.1, 0.15) is 0 Å². The second-order valence-electron chi connectivity index (χ2n) is 18.0. The number of thiophene rings is 1. The van der Waals surface area contributed by atoms with Gasteiger partial charge in [-0.1, -0.05) is 152 Å². The molecule has 0 bridgehead atoms. The van der Waals surface area contributed by atoms with E-state index in [0.29, 0.717) is 17.5 Å². The zero-order valence-corrected chi connectivity index (χ0v) is 37.8. The van der Waals surface area contributed by atoms with Crippen molar-refractivity contribution in [2.24, 2.45) is 0 Å². The van der Waals surface area contributed by atoms with E-state index in [9.17, 15) is 0 Å². The van der Waals surface area contributed by atoms with E-state index in [-0.39, 0.29) is 0 Å². The molecule has 15 rings (SSSR count). The van der Waals surface area contributed by atoms with Crippen molar-refractivity contribution in [1.29, 1.82) is 0 Å². The fraction of sp³-hybridized carbons (Fsp3) is 0. The molecule has 0 aliphatic carbocycles. The summed E-state index contributed by atoms with van der Waals surface area (Å²) >= 11 is 1.84. The summed E-state index contributed by atoms with van der Waals surface area (Å²) in [6.07, 6.45) is 0. The average molecular weight is 896 g/mol. The summed E-state index contributed by atoms with van der Waals surface area (Å²) < 4.78 is 7.20. The van der Waals surface area contributed by atoms with Crippen molar-refractivity contribution in [3.8, 4) is 45.5 Å². The molecule has 0 aliphatic rings. The molecule has 5 nitrogen and oxygen atoms in total. The lowest BCUT2D eigenvalue weighted by Gasteiger charge is -2.14. The molecular weight excluding hydrogens is 859 g/mol. The van der Waals surface area contributed by atoms with Crippen LogP contribution in [0, 0.1) is 0 Å². The quantitative estimate of drug-likeness (QED) is 0.173. The van der Waals surface area contributed by atoms with Crippen LogP contribution in [0.2, 0.25) is 0 Å². The maximum Gasteiger partial charge on any atom is 0.164 e. The van der Waals surface area contributed by atoms with Crippen molar-refractivity contribution in [3.63, 3.8) is 0 Å². The molecule has 0 atom stereocenters. The predicted molar refractivity (Wildman–Crippen MR) is 290 cm³/mol. The van der Waals surface area contributed by atoms with Crippen molar-refractivity contribution < 1.29 is 0 Å². The van der Waals surface area contributed by atoms with Gasteiger partial charge in [-0.25, -0.2) is 15.0 Å². The third kappa shape index (κ3) is 5.86. The first-order chi connectivity index (χ1) is 34.2. The number of benzene rings is 11.